The molecule has 39 heteroatoms. The molecule has 2 fully saturated rings. The number of nitrogens with zero attached hydrogens (tertiary/aromatic N) is 3. The lowest BCUT2D eigenvalue weighted by Gasteiger charge is -2.30. The van der Waals surface area contributed by atoms with Crippen molar-refractivity contribution in [3.05, 3.63) is 36.0 Å². The Morgan fingerprint density at radius 3 is 1.85 bits per heavy atom. The van der Waals surface area contributed by atoms with E-state index in [-0.39, 0.29) is 93.8 Å². The summed E-state index contributed by atoms with van der Waals surface area (Å²) < 4.78 is 0. The van der Waals surface area contributed by atoms with Crippen LogP contribution in [0.2, 0.25) is 0 Å². The fourth-order valence-corrected chi connectivity index (χ4v) is 12.9. The number of carboxylic acids is 1. The Labute approximate surface area is 551 Å². The van der Waals surface area contributed by atoms with Gasteiger partial charge in [-0.25, -0.2) is 0 Å². The van der Waals surface area contributed by atoms with Crippen LogP contribution in [0.25, 0.3) is 10.9 Å². The van der Waals surface area contributed by atoms with Crippen LogP contribution in [0.4, 0.5) is 0 Å². The van der Waals surface area contributed by atoms with Crippen molar-refractivity contribution >= 4 is 145 Å². The topological polar surface area (TPSA) is 583 Å². The zero-order valence-electron chi connectivity index (χ0n) is 51.4. The number of primary amides is 1. The van der Waals surface area contributed by atoms with Gasteiger partial charge >= 0.3 is 5.97 Å². The van der Waals surface area contributed by atoms with Crippen LogP contribution >= 0.6 is 45.1 Å². The third-order valence-corrected chi connectivity index (χ3v) is 17.9. The van der Waals surface area contributed by atoms with Crippen molar-refractivity contribution in [3.63, 3.8) is 0 Å². The van der Waals surface area contributed by atoms with Gasteiger partial charge in [-0.2, -0.15) is 23.5 Å². The summed E-state index contributed by atoms with van der Waals surface area (Å²) in [6, 6.07) is -7.95. The monoisotopic (exact) mass is 1380 g/mol. The van der Waals surface area contributed by atoms with E-state index in [1.165, 1.54) is 6.92 Å². The number of amides is 12. The molecule has 93 heavy (non-hydrogen) atoms. The molecule has 2 saturated heterocycles. The molecule has 12 amide bonds. The first kappa shape index (κ1) is 77.2. The molecule has 0 saturated carbocycles. The number of nitrogens with one attached hydrogen (secondary N) is 11. The molecule has 35 nitrogen and oxygen atoms in total. The Balaban J connectivity index is 1.82. The van der Waals surface area contributed by atoms with Crippen molar-refractivity contribution in [2.24, 2.45) is 44.4 Å². The van der Waals surface area contributed by atoms with Crippen LogP contribution in [0.3, 0.4) is 0 Å². The molecule has 1 unspecified atom stereocenters. The largest absolute Gasteiger partial charge is 0.481 e. The van der Waals surface area contributed by atoms with Gasteiger partial charge in [0.1, 0.15) is 66.5 Å². The van der Waals surface area contributed by atoms with E-state index in [9.17, 15) is 72.5 Å². The van der Waals surface area contributed by atoms with Crippen LogP contribution in [0, 0.1) is 0 Å². The van der Waals surface area contributed by atoms with Gasteiger partial charge in [-0.3, -0.25) is 72.3 Å². The molecule has 0 aliphatic carbocycles. The van der Waals surface area contributed by atoms with Crippen LogP contribution in [-0.2, 0) is 68.7 Å². The number of aliphatic hydroxyl groups is 1. The lowest BCUT2D eigenvalue weighted by atomic mass is 10.1. The third kappa shape index (κ3) is 25.6. The minimum absolute atomic E-state index is 0.0130. The number of hydrogen-bond donors (Lipinski definition) is 19. The zero-order chi connectivity index (χ0) is 68.9. The fourth-order valence-electron chi connectivity index (χ4n) is 9.43. The minimum atomic E-state index is -1.94. The maximum Gasteiger partial charge on any atom is 0.305 e. The highest BCUT2D eigenvalue weighted by molar-refractivity contribution is 8.76. The number of aromatic nitrogens is 1. The lowest BCUT2D eigenvalue weighted by Crippen LogP contribution is -2.61. The molecule has 0 spiro atoms. The molecule has 3 heterocycles. The Hall–Kier alpha value is -8.27. The van der Waals surface area contributed by atoms with E-state index < -0.39 is 169 Å². The number of para-hydroxylation sites is 1. The number of aliphatic imine (C=N–C) groups is 2. The molecule has 4 rings (SSSR count). The van der Waals surface area contributed by atoms with Gasteiger partial charge in [-0.05, 0) is 75.5 Å². The van der Waals surface area contributed by atoms with Crippen LogP contribution < -0.4 is 87.6 Å². The molecular formula is C54H84N20O15S4. The van der Waals surface area contributed by atoms with E-state index in [1.807, 2.05) is 0 Å². The highest BCUT2D eigenvalue weighted by atomic mass is 33.1. The highest BCUT2D eigenvalue weighted by Crippen LogP contribution is 2.25. The van der Waals surface area contributed by atoms with Crippen molar-refractivity contribution in [1.82, 2.24) is 63.1 Å². The maximum absolute atomic E-state index is 14.6. The number of aromatic amines is 1. The first-order valence-corrected chi connectivity index (χ1v) is 34.5. The molecule has 2 aliphatic heterocycles. The maximum atomic E-state index is 14.6. The number of carboxylic acid groups (broad SMARTS) is 1. The van der Waals surface area contributed by atoms with Crippen LogP contribution in [0.5, 0.6) is 0 Å². The number of H-pyrrole nitrogens is 1. The summed E-state index contributed by atoms with van der Waals surface area (Å²) in [5.74, 6) is -14.5. The molecule has 25 N–H and O–H groups in total. The van der Waals surface area contributed by atoms with Gasteiger partial charge < -0.3 is 108 Å². The van der Waals surface area contributed by atoms with Gasteiger partial charge in [0.15, 0.2) is 11.9 Å². The summed E-state index contributed by atoms with van der Waals surface area (Å²) in [7, 11) is 1.71. The SMILES string of the molecule is CSC[C@H](NC(=O)CN)C(=O)N[C@H]1CSSC[C@@H](C(N)=O)NC(=O)[C@H](CCCN=C(N)N)NC(=O)[C@H](Cc2cc3ccccc3[nH]2)NC(=O)[C@H](C)NC(=O)[C@H](CSC)NC(=O)[C@H](CCCN=C(N)N)NC(=O)C2CCCN2C(=O)[C@H](CC(=O)O)NC(=O)[C@H](CO)NC1=O. The van der Waals surface area contributed by atoms with Crippen molar-refractivity contribution in [2.45, 2.75) is 125 Å². The number of rotatable bonds is 22. The Morgan fingerprint density at radius 2 is 1.26 bits per heavy atom. The molecule has 1 aromatic carbocycles. The number of aliphatic carboxylic acids is 1. The number of carbonyl (C=O) groups is 13. The number of aliphatic hydroxyl groups excluding tert-OH is 1. The lowest BCUT2D eigenvalue weighted by molar-refractivity contribution is -0.146. The van der Waals surface area contributed by atoms with Crippen molar-refractivity contribution in [2.75, 3.05) is 68.3 Å². The highest BCUT2D eigenvalue weighted by Gasteiger charge is 2.41. The van der Waals surface area contributed by atoms with Crippen LogP contribution in [0.15, 0.2) is 40.3 Å². The second-order valence-corrected chi connectivity index (χ2v) is 25.8. The number of hydrogen-bond acceptors (Lipinski definition) is 21. The molecule has 11 atom stereocenters. The molecule has 514 valence electrons. The number of carbonyl (C=O) groups excluding carboxylic acids is 12. The quantitative estimate of drug-likeness (QED) is 0.0225. The summed E-state index contributed by atoms with van der Waals surface area (Å²) in [6.07, 6.45) is 1.99. The second-order valence-electron chi connectivity index (χ2n) is 21.4. The van der Waals surface area contributed by atoms with Crippen LogP contribution in [0.1, 0.15) is 57.6 Å². The number of guanidine groups is 2. The van der Waals surface area contributed by atoms with Crippen molar-refractivity contribution in [1.29, 1.82) is 0 Å². The Bertz CT molecular complexity index is 3010. The molecule has 2 aliphatic rings. The van der Waals surface area contributed by atoms with Crippen molar-refractivity contribution < 1.29 is 72.5 Å². The Kier molecular flexibility index (Phi) is 32.6. The summed E-state index contributed by atoms with van der Waals surface area (Å²) in [5.41, 5.74) is 34.6. The summed E-state index contributed by atoms with van der Waals surface area (Å²) in [4.78, 5) is 192. The summed E-state index contributed by atoms with van der Waals surface area (Å²) >= 11 is 2.28. The summed E-state index contributed by atoms with van der Waals surface area (Å²) in [6.45, 7) is -0.544. The zero-order valence-corrected chi connectivity index (χ0v) is 54.7. The van der Waals surface area contributed by atoms with E-state index in [4.69, 9.17) is 34.4 Å². The Morgan fingerprint density at radius 1 is 0.699 bits per heavy atom. The number of thioether (sulfide) groups is 2. The van der Waals surface area contributed by atoms with Crippen molar-refractivity contribution in [3.8, 4) is 0 Å². The fraction of sp³-hybridized carbons (Fsp3) is 0.574. The molecule has 2 aromatic rings. The smallest absolute Gasteiger partial charge is 0.305 e. The number of nitrogens with two attached hydrogens (primary N) is 6. The van der Waals surface area contributed by atoms with Gasteiger partial charge in [0.2, 0.25) is 70.9 Å². The normalized spacial score (nSPS) is 24.2. The van der Waals surface area contributed by atoms with E-state index >= 15 is 0 Å². The van der Waals surface area contributed by atoms with Gasteiger partial charge in [-0.15, -0.1) is 0 Å². The van der Waals surface area contributed by atoms with Gasteiger partial charge in [-0.1, -0.05) is 39.8 Å². The molecule has 0 bridgehead atoms. The average Bonchev–Trinajstić information content (AvgIpc) is 1.89. The molecule has 0 radical (unpaired) electrons. The van der Waals surface area contributed by atoms with Gasteiger partial charge in [0.25, 0.3) is 0 Å². The summed E-state index contributed by atoms with van der Waals surface area (Å²) in [5, 5.41) is 46.3. The second kappa shape index (κ2) is 39.3. The van der Waals surface area contributed by atoms with E-state index in [0.29, 0.717) is 11.2 Å². The van der Waals surface area contributed by atoms with E-state index in [1.54, 1.807) is 42.8 Å². The third-order valence-electron chi connectivity index (χ3n) is 14.2. The predicted molar refractivity (Wildman–Crippen MR) is 351 cm³/mol. The standard InChI is InChI=1S/C54H84N20O15S4/c1-26-43(80)68-32(18-28-17-27-9-4-5-10-29(27)64-28)46(83)66-30(11-6-14-61-53(57)58)44(81)71-35(42(56)79)24-92-93-25-38(73-49(86)36(22-90-2)65-40(76)20-55)50(87)70-34(21-75)47(84)69-33(19-41(77)78)52(89)74-16-8-13-39(74)51(88)67-31(12-7-15-62-54(59)60)45(82)72-37(23-91-3)48(85)63-26/h4-5,9-10,17,26,30-39,64,75H,6-8,11-16,18-25,55H2,1-3H3,(H2,56,79)(H,63,85)(H,65,76)(H,66,83)(H,67,88)(H,68,80)(H,69,84)(H,70,87)(H,71,81)(H,72,82)(H,73,86)(H,77,78)(H4,57,58,61)(H4,59,60,62)/t26-,30-,31-,32-,33-,34-,35-,36-,37-,38-,39?/m0/s1. The van der Waals surface area contributed by atoms with Crippen LogP contribution in [-0.4, -0.2) is 244 Å². The molecule has 1 aromatic heterocycles. The van der Waals surface area contributed by atoms with E-state index in [2.05, 4.69) is 68.1 Å². The number of benzene rings is 1. The average molecular weight is 1380 g/mol. The molecular weight excluding hydrogens is 1300 g/mol. The van der Waals surface area contributed by atoms with Gasteiger partial charge in [0, 0.05) is 60.3 Å². The predicted octanol–water partition coefficient (Wildman–Crippen LogP) is -7.29. The minimum Gasteiger partial charge on any atom is -0.481 e. The first-order valence-electron chi connectivity index (χ1n) is 29.2. The first-order chi connectivity index (χ1) is 44.2. The van der Waals surface area contributed by atoms with E-state index in [0.717, 1.165) is 55.4 Å². The van der Waals surface area contributed by atoms with Gasteiger partial charge in [0.05, 0.1) is 19.6 Å². The number of fused-ring (bicyclic) bond motifs is 2.